The third-order valence-corrected chi connectivity index (χ3v) is 3.70. The topological polar surface area (TPSA) is 123 Å². The van der Waals surface area contributed by atoms with Crippen LogP contribution >= 0.6 is 0 Å². The first kappa shape index (κ1) is 18.4. The Bertz CT molecular complexity index is 1100. The number of anilines is 1. The number of hydrogen-bond acceptors (Lipinski definition) is 6. The van der Waals surface area contributed by atoms with Crippen LogP contribution in [-0.4, -0.2) is 38.2 Å². The molecule has 4 N–H and O–H groups in total. The number of carboxylic acid groups (broad SMARTS) is 1. The number of fused-ring (bicyclic) bond motifs is 1. The largest absolute Gasteiger partial charge is 0.477 e. The summed E-state index contributed by atoms with van der Waals surface area (Å²) in [5, 5.41) is 12.2. The number of aromatic carboxylic acids is 1. The van der Waals surface area contributed by atoms with Crippen molar-refractivity contribution in [3.63, 3.8) is 0 Å². The van der Waals surface area contributed by atoms with Gasteiger partial charge in [0.15, 0.2) is 17.3 Å². The molecule has 27 heavy (non-hydrogen) atoms. The highest BCUT2D eigenvalue weighted by Gasteiger charge is 2.19. The number of rotatable bonds is 5. The van der Waals surface area contributed by atoms with Crippen molar-refractivity contribution in [1.29, 1.82) is 0 Å². The highest BCUT2D eigenvalue weighted by molar-refractivity contribution is 5.92. The SMILES string of the molecule is CC(N)CNc1ccc2c(=O)c(C(=O)O)cn(-c3ncc(F)cc3F)c2n1. The van der Waals surface area contributed by atoms with Crippen LogP contribution in [-0.2, 0) is 0 Å². The zero-order chi connectivity index (χ0) is 19.7. The Kier molecular flexibility index (Phi) is 4.82. The second-order valence-electron chi connectivity index (χ2n) is 5.93. The molecular formula is C17H15F2N5O3. The molecular weight excluding hydrogens is 360 g/mol. The van der Waals surface area contributed by atoms with Crippen molar-refractivity contribution in [2.75, 3.05) is 11.9 Å². The lowest BCUT2D eigenvalue weighted by atomic mass is 10.2. The molecule has 0 aliphatic rings. The molecule has 0 fully saturated rings. The van der Waals surface area contributed by atoms with Crippen molar-refractivity contribution in [1.82, 2.24) is 14.5 Å². The number of nitrogens with one attached hydrogen (secondary N) is 1. The number of nitrogens with two attached hydrogens (primary N) is 1. The molecule has 0 aliphatic carbocycles. The second-order valence-corrected chi connectivity index (χ2v) is 5.93. The minimum absolute atomic E-state index is 0.0299. The first-order valence-corrected chi connectivity index (χ1v) is 7.88. The standard InChI is InChI=1S/C17H15F2N5O3/c1-8(20)5-21-13-3-2-10-14(25)11(17(26)27)7-24(15(10)23-13)16-12(19)4-9(18)6-22-16/h2-4,6-8H,5,20H2,1H3,(H,21,23)(H,26,27). The molecule has 0 spiro atoms. The number of aromatic nitrogens is 3. The lowest BCUT2D eigenvalue weighted by molar-refractivity contribution is 0.0695. The van der Waals surface area contributed by atoms with Crippen molar-refractivity contribution in [2.45, 2.75) is 13.0 Å². The van der Waals surface area contributed by atoms with E-state index in [0.29, 0.717) is 18.4 Å². The fourth-order valence-corrected chi connectivity index (χ4v) is 2.47. The first-order chi connectivity index (χ1) is 12.8. The molecule has 3 aromatic rings. The summed E-state index contributed by atoms with van der Waals surface area (Å²) in [6.07, 6.45) is 1.69. The maximum atomic E-state index is 14.2. The average Bonchev–Trinajstić information content (AvgIpc) is 2.60. The summed E-state index contributed by atoms with van der Waals surface area (Å²) in [6, 6.07) is 3.29. The molecule has 1 unspecified atom stereocenters. The predicted molar refractivity (Wildman–Crippen MR) is 94.1 cm³/mol. The van der Waals surface area contributed by atoms with Crippen LogP contribution in [0.2, 0.25) is 0 Å². The molecule has 0 bridgehead atoms. The van der Waals surface area contributed by atoms with Gasteiger partial charge in [0.05, 0.1) is 11.6 Å². The fraction of sp³-hybridized carbons (Fsp3) is 0.176. The number of hydrogen-bond donors (Lipinski definition) is 3. The molecule has 3 heterocycles. The van der Waals surface area contributed by atoms with Gasteiger partial charge in [0.25, 0.3) is 0 Å². The fourth-order valence-electron chi connectivity index (χ4n) is 2.47. The Morgan fingerprint density at radius 1 is 1.41 bits per heavy atom. The summed E-state index contributed by atoms with van der Waals surface area (Å²) in [7, 11) is 0. The van der Waals surface area contributed by atoms with Crippen LogP contribution in [0.15, 0.2) is 35.4 Å². The first-order valence-electron chi connectivity index (χ1n) is 7.88. The number of pyridine rings is 3. The summed E-state index contributed by atoms with van der Waals surface area (Å²) in [5.74, 6) is -3.46. The molecule has 0 radical (unpaired) electrons. The highest BCUT2D eigenvalue weighted by Crippen LogP contribution is 2.19. The van der Waals surface area contributed by atoms with Crippen LogP contribution in [0.4, 0.5) is 14.6 Å². The van der Waals surface area contributed by atoms with Crippen LogP contribution in [0.25, 0.3) is 16.9 Å². The third kappa shape index (κ3) is 3.60. The van der Waals surface area contributed by atoms with Crippen LogP contribution in [0.5, 0.6) is 0 Å². The molecule has 10 heteroatoms. The molecule has 0 saturated heterocycles. The van der Waals surface area contributed by atoms with E-state index in [1.807, 2.05) is 0 Å². The number of nitrogens with zero attached hydrogens (tertiary/aromatic N) is 3. The molecule has 0 aliphatic heterocycles. The van der Waals surface area contributed by atoms with Crippen LogP contribution in [0, 0.1) is 11.6 Å². The van der Waals surface area contributed by atoms with E-state index in [1.165, 1.54) is 12.1 Å². The minimum atomic E-state index is -1.49. The van der Waals surface area contributed by atoms with E-state index < -0.39 is 28.6 Å². The van der Waals surface area contributed by atoms with E-state index in [2.05, 4.69) is 15.3 Å². The molecule has 140 valence electrons. The van der Waals surface area contributed by atoms with E-state index in [9.17, 15) is 23.5 Å². The Balaban J connectivity index is 2.30. The molecule has 0 amide bonds. The van der Waals surface area contributed by atoms with Crippen LogP contribution in [0.1, 0.15) is 17.3 Å². The van der Waals surface area contributed by atoms with Gasteiger partial charge in [0, 0.05) is 24.8 Å². The normalized spacial score (nSPS) is 12.1. The van der Waals surface area contributed by atoms with Gasteiger partial charge in [-0.15, -0.1) is 0 Å². The van der Waals surface area contributed by atoms with Crippen molar-refractivity contribution in [2.24, 2.45) is 5.73 Å². The van der Waals surface area contributed by atoms with E-state index in [4.69, 9.17) is 5.73 Å². The third-order valence-electron chi connectivity index (χ3n) is 3.70. The Morgan fingerprint density at radius 2 is 2.15 bits per heavy atom. The van der Waals surface area contributed by atoms with Crippen molar-refractivity contribution >= 4 is 22.8 Å². The quantitative estimate of drug-likeness (QED) is 0.618. The van der Waals surface area contributed by atoms with Crippen molar-refractivity contribution in [3.8, 4) is 5.82 Å². The van der Waals surface area contributed by atoms with Gasteiger partial charge in [-0.25, -0.2) is 23.5 Å². The lowest BCUT2D eigenvalue weighted by Crippen LogP contribution is -2.26. The van der Waals surface area contributed by atoms with Gasteiger partial charge in [0.2, 0.25) is 5.43 Å². The summed E-state index contributed by atoms with van der Waals surface area (Å²) in [6.45, 7) is 2.17. The maximum Gasteiger partial charge on any atom is 0.341 e. The van der Waals surface area contributed by atoms with Crippen molar-refractivity contribution in [3.05, 3.63) is 58.0 Å². The Labute approximate surface area is 151 Å². The summed E-state index contributed by atoms with van der Waals surface area (Å²) in [4.78, 5) is 31.7. The van der Waals surface area contributed by atoms with Gasteiger partial charge in [-0.3, -0.25) is 9.36 Å². The van der Waals surface area contributed by atoms with Gasteiger partial charge in [0.1, 0.15) is 17.2 Å². The van der Waals surface area contributed by atoms with E-state index >= 15 is 0 Å². The van der Waals surface area contributed by atoms with Gasteiger partial charge >= 0.3 is 5.97 Å². The molecule has 3 aromatic heterocycles. The van der Waals surface area contributed by atoms with E-state index in [1.54, 1.807) is 6.92 Å². The zero-order valence-corrected chi connectivity index (χ0v) is 14.1. The van der Waals surface area contributed by atoms with Crippen LogP contribution in [0.3, 0.4) is 0 Å². The highest BCUT2D eigenvalue weighted by atomic mass is 19.1. The van der Waals surface area contributed by atoms with Gasteiger partial charge in [-0.2, -0.15) is 0 Å². The summed E-state index contributed by atoms with van der Waals surface area (Å²) >= 11 is 0. The van der Waals surface area contributed by atoms with E-state index in [-0.39, 0.29) is 22.9 Å². The molecule has 1 atom stereocenters. The maximum absolute atomic E-state index is 14.2. The number of carbonyl (C=O) groups is 1. The predicted octanol–water partition coefficient (Wildman–Crippen LogP) is 1.52. The van der Waals surface area contributed by atoms with Crippen molar-refractivity contribution < 1.29 is 18.7 Å². The second kappa shape index (κ2) is 7.08. The Hall–Kier alpha value is -3.40. The molecule has 0 saturated carbocycles. The minimum Gasteiger partial charge on any atom is -0.477 e. The Morgan fingerprint density at radius 3 is 2.78 bits per heavy atom. The lowest BCUT2D eigenvalue weighted by Gasteiger charge is -2.14. The van der Waals surface area contributed by atoms with Crippen LogP contribution < -0.4 is 16.5 Å². The average molecular weight is 375 g/mol. The van der Waals surface area contributed by atoms with Gasteiger partial charge in [-0.1, -0.05) is 0 Å². The molecule has 3 rings (SSSR count). The van der Waals surface area contributed by atoms with Gasteiger partial charge < -0.3 is 16.2 Å². The zero-order valence-electron chi connectivity index (χ0n) is 14.1. The summed E-state index contributed by atoms with van der Waals surface area (Å²) < 4.78 is 28.4. The number of carboxylic acids is 1. The molecule has 0 aromatic carbocycles. The van der Waals surface area contributed by atoms with Gasteiger partial charge in [-0.05, 0) is 19.1 Å². The molecule has 8 nitrogen and oxygen atoms in total. The monoisotopic (exact) mass is 375 g/mol. The summed E-state index contributed by atoms with van der Waals surface area (Å²) in [5.41, 5.74) is 4.28. The van der Waals surface area contributed by atoms with E-state index in [0.717, 1.165) is 17.0 Å². The number of halogens is 2. The smallest absolute Gasteiger partial charge is 0.341 e.